The van der Waals surface area contributed by atoms with Gasteiger partial charge in [0.15, 0.2) is 6.61 Å². The number of hydrogen-bond donors (Lipinski definition) is 1. The van der Waals surface area contributed by atoms with Crippen molar-refractivity contribution >= 4 is 29.8 Å². The molecule has 1 N–H and O–H groups in total. The van der Waals surface area contributed by atoms with E-state index in [1.807, 2.05) is 31.2 Å². The quantitative estimate of drug-likeness (QED) is 0.411. The summed E-state index contributed by atoms with van der Waals surface area (Å²) in [6.07, 6.45) is -0.233. The van der Waals surface area contributed by atoms with E-state index < -0.39 is 5.97 Å². The lowest BCUT2D eigenvalue weighted by molar-refractivity contribution is -0.117. The SMILES string of the molecule is Cc1cccc(OCc2nn(CC(=O)Nc3cccc(C(=O)OC(C)C)c3)c(=S)o2)c1. The van der Waals surface area contributed by atoms with E-state index >= 15 is 0 Å². The van der Waals surface area contributed by atoms with E-state index in [9.17, 15) is 9.59 Å². The molecule has 8 nitrogen and oxygen atoms in total. The number of ether oxygens (including phenoxy) is 2. The Morgan fingerprint density at radius 1 is 1.19 bits per heavy atom. The predicted molar refractivity (Wildman–Crippen MR) is 116 cm³/mol. The van der Waals surface area contributed by atoms with Crippen molar-refractivity contribution in [2.45, 2.75) is 40.0 Å². The van der Waals surface area contributed by atoms with E-state index in [0.717, 1.165) is 5.56 Å². The Bertz CT molecular complexity index is 1140. The summed E-state index contributed by atoms with van der Waals surface area (Å²) in [6.45, 7) is 5.44. The number of carbonyl (C=O) groups excluding carboxylic acids is 2. The fourth-order valence-electron chi connectivity index (χ4n) is 2.70. The van der Waals surface area contributed by atoms with Crippen LogP contribution in [0.5, 0.6) is 5.75 Å². The largest absolute Gasteiger partial charge is 0.484 e. The number of nitrogens with zero attached hydrogens (tertiary/aromatic N) is 2. The molecule has 0 atom stereocenters. The number of nitrogens with one attached hydrogen (secondary N) is 1. The minimum Gasteiger partial charge on any atom is -0.484 e. The Morgan fingerprint density at radius 3 is 2.71 bits per heavy atom. The molecule has 31 heavy (non-hydrogen) atoms. The lowest BCUT2D eigenvalue weighted by Gasteiger charge is -2.09. The standard InChI is InChI=1S/C22H23N3O5S/c1-14(2)29-21(27)16-7-5-8-17(11-16)23-19(26)12-25-22(31)30-20(24-25)13-28-18-9-4-6-15(3)10-18/h4-11,14H,12-13H2,1-3H3,(H,23,26). The molecule has 9 heteroatoms. The van der Waals surface area contributed by atoms with Crippen LogP contribution in [0.4, 0.5) is 5.69 Å². The average Bonchev–Trinajstić information content (AvgIpc) is 3.05. The zero-order valence-corrected chi connectivity index (χ0v) is 18.3. The molecule has 0 aliphatic carbocycles. The highest BCUT2D eigenvalue weighted by Crippen LogP contribution is 2.15. The van der Waals surface area contributed by atoms with Gasteiger partial charge in [0.25, 0.3) is 10.7 Å². The number of carbonyl (C=O) groups is 2. The van der Waals surface area contributed by atoms with Crippen LogP contribution in [0.15, 0.2) is 52.9 Å². The van der Waals surface area contributed by atoms with Crippen LogP contribution in [0.1, 0.15) is 35.7 Å². The van der Waals surface area contributed by atoms with Crippen molar-refractivity contribution in [2.24, 2.45) is 0 Å². The second kappa shape index (κ2) is 10.0. The number of aromatic nitrogens is 2. The summed E-state index contributed by atoms with van der Waals surface area (Å²) in [4.78, 5) is 24.5. The lowest BCUT2D eigenvalue weighted by Crippen LogP contribution is -2.20. The van der Waals surface area contributed by atoms with Crippen molar-refractivity contribution < 1.29 is 23.5 Å². The lowest BCUT2D eigenvalue weighted by atomic mass is 10.2. The normalized spacial score (nSPS) is 10.7. The smallest absolute Gasteiger partial charge is 0.338 e. The zero-order valence-electron chi connectivity index (χ0n) is 17.5. The number of amides is 1. The Kier molecular flexibility index (Phi) is 7.19. The maximum atomic E-state index is 12.4. The van der Waals surface area contributed by atoms with Crippen LogP contribution in [-0.4, -0.2) is 27.8 Å². The molecule has 0 spiro atoms. The fraction of sp³-hybridized carbons (Fsp3) is 0.273. The van der Waals surface area contributed by atoms with Crippen LogP contribution in [0.25, 0.3) is 0 Å². The molecule has 1 aromatic heterocycles. The van der Waals surface area contributed by atoms with Crippen molar-refractivity contribution in [3.05, 3.63) is 70.4 Å². The number of hydrogen-bond acceptors (Lipinski definition) is 7. The third-order valence-electron chi connectivity index (χ3n) is 4.02. The number of benzene rings is 2. The van der Waals surface area contributed by atoms with Gasteiger partial charge in [-0.3, -0.25) is 4.79 Å². The molecule has 0 saturated carbocycles. The van der Waals surface area contributed by atoms with E-state index in [0.29, 0.717) is 17.0 Å². The highest BCUT2D eigenvalue weighted by molar-refractivity contribution is 7.71. The van der Waals surface area contributed by atoms with Crippen LogP contribution in [0.3, 0.4) is 0 Å². The van der Waals surface area contributed by atoms with Crippen LogP contribution in [0.2, 0.25) is 0 Å². The van der Waals surface area contributed by atoms with Crippen molar-refractivity contribution in [1.29, 1.82) is 0 Å². The van der Waals surface area contributed by atoms with E-state index in [2.05, 4.69) is 10.4 Å². The van der Waals surface area contributed by atoms with Crippen LogP contribution in [-0.2, 0) is 22.7 Å². The fourth-order valence-corrected chi connectivity index (χ4v) is 2.90. The second-order valence-corrected chi connectivity index (χ2v) is 7.46. The monoisotopic (exact) mass is 441 g/mol. The molecule has 0 fully saturated rings. The molecular formula is C22H23N3O5S. The third-order valence-corrected chi connectivity index (χ3v) is 4.31. The highest BCUT2D eigenvalue weighted by Gasteiger charge is 2.13. The summed E-state index contributed by atoms with van der Waals surface area (Å²) in [6, 6.07) is 14.1. The molecule has 162 valence electrons. The molecular weight excluding hydrogens is 418 g/mol. The van der Waals surface area contributed by atoms with Gasteiger partial charge in [-0.1, -0.05) is 18.2 Å². The number of anilines is 1. The summed E-state index contributed by atoms with van der Waals surface area (Å²) >= 11 is 5.14. The molecule has 3 rings (SSSR count). The molecule has 0 unspecified atom stereocenters. The van der Waals surface area contributed by atoms with Gasteiger partial charge in [0.05, 0.1) is 11.7 Å². The molecule has 1 amide bonds. The van der Waals surface area contributed by atoms with Gasteiger partial charge in [0.1, 0.15) is 12.3 Å². The minimum absolute atomic E-state index is 0.0623. The molecule has 3 aromatic rings. The van der Waals surface area contributed by atoms with E-state index in [1.54, 1.807) is 38.1 Å². The maximum absolute atomic E-state index is 12.4. The number of aryl methyl sites for hydroxylation is 1. The van der Waals surface area contributed by atoms with Gasteiger partial charge in [-0.25, -0.2) is 9.48 Å². The molecule has 1 heterocycles. The first-order valence-corrected chi connectivity index (χ1v) is 10.1. The minimum atomic E-state index is -0.455. The summed E-state index contributed by atoms with van der Waals surface area (Å²) in [7, 11) is 0. The van der Waals surface area contributed by atoms with Gasteiger partial charge in [-0.05, 0) is 68.9 Å². The van der Waals surface area contributed by atoms with Gasteiger partial charge in [-0.2, -0.15) is 0 Å². The first-order chi connectivity index (χ1) is 14.8. The molecule has 0 aliphatic heterocycles. The van der Waals surface area contributed by atoms with Crippen LogP contribution in [0, 0.1) is 11.8 Å². The number of rotatable bonds is 8. The van der Waals surface area contributed by atoms with Crippen molar-refractivity contribution in [3.8, 4) is 5.75 Å². The van der Waals surface area contributed by atoms with Crippen LogP contribution < -0.4 is 10.1 Å². The van der Waals surface area contributed by atoms with Gasteiger partial charge >= 0.3 is 5.97 Å². The summed E-state index contributed by atoms with van der Waals surface area (Å²) in [5, 5.41) is 6.91. The summed E-state index contributed by atoms with van der Waals surface area (Å²) < 4.78 is 17.5. The maximum Gasteiger partial charge on any atom is 0.338 e. The average molecular weight is 442 g/mol. The molecule has 2 aromatic carbocycles. The summed E-state index contributed by atoms with van der Waals surface area (Å²) in [5.41, 5.74) is 1.88. The van der Waals surface area contributed by atoms with E-state index in [1.165, 1.54) is 4.68 Å². The Morgan fingerprint density at radius 2 is 1.97 bits per heavy atom. The Labute approximate surface area is 184 Å². The van der Waals surface area contributed by atoms with Gasteiger partial charge in [-0.15, -0.1) is 5.10 Å². The Balaban J connectivity index is 1.60. The molecule has 0 aliphatic rings. The first-order valence-electron chi connectivity index (χ1n) is 9.67. The second-order valence-electron chi connectivity index (χ2n) is 7.11. The predicted octanol–water partition coefficient (Wildman–Crippen LogP) is 4.30. The first kappa shape index (κ1) is 22.2. The van der Waals surface area contributed by atoms with E-state index in [4.69, 9.17) is 26.1 Å². The van der Waals surface area contributed by atoms with Gasteiger partial charge in [0, 0.05) is 5.69 Å². The van der Waals surface area contributed by atoms with Crippen molar-refractivity contribution in [2.75, 3.05) is 5.32 Å². The number of esters is 1. The Hall–Kier alpha value is -3.46. The van der Waals surface area contributed by atoms with E-state index in [-0.39, 0.29) is 35.9 Å². The molecule has 0 radical (unpaired) electrons. The third kappa shape index (κ3) is 6.51. The highest BCUT2D eigenvalue weighted by atomic mass is 32.1. The van der Waals surface area contributed by atoms with Crippen LogP contribution >= 0.6 is 12.2 Å². The summed E-state index contributed by atoms with van der Waals surface area (Å²) in [5.74, 6) is 0.120. The molecule has 0 bridgehead atoms. The van der Waals surface area contributed by atoms with Gasteiger partial charge in [0.2, 0.25) is 5.91 Å². The topological polar surface area (TPSA) is 95.6 Å². The van der Waals surface area contributed by atoms with Crippen molar-refractivity contribution in [3.63, 3.8) is 0 Å². The molecule has 0 saturated heterocycles. The van der Waals surface area contributed by atoms with Gasteiger partial charge < -0.3 is 19.2 Å². The zero-order chi connectivity index (χ0) is 22.4. The van der Waals surface area contributed by atoms with Crippen molar-refractivity contribution in [1.82, 2.24) is 9.78 Å².